The summed E-state index contributed by atoms with van der Waals surface area (Å²) in [5.74, 6) is 0.763. The van der Waals surface area contributed by atoms with Crippen molar-refractivity contribution in [3.05, 3.63) is 56.5 Å². The van der Waals surface area contributed by atoms with E-state index < -0.39 is 0 Å². The Morgan fingerprint density at radius 2 is 1.95 bits per heavy atom. The van der Waals surface area contributed by atoms with Gasteiger partial charge in [-0.05, 0) is 52.7 Å². The average Bonchev–Trinajstić information content (AvgIpc) is 2.40. The summed E-state index contributed by atoms with van der Waals surface area (Å²) in [4.78, 5) is 0. The van der Waals surface area contributed by atoms with E-state index in [1.165, 1.54) is 0 Å². The molecule has 0 fully saturated rings. The summed E-state index contributed by atoms with van der Waals surface area (Å²) in [7, 11) is 0. The molecule has 0 atom stereocenters. The lowest BCUT2D eigenvalue weighted by atomic mass is 10.2. The molecule has 2 nitrogen and oxygen atoms in total. The minimum absolute atomic E-state index is 0.589. The average molecular weight is 375 g/mol. The van der Waals surface area contributed by atoms with Gasteiger partial charge in [0.05, 0.1) is 16.8 Å². The van der Waals surface area contributed by atoms with Gasteiger partial charge >= 0.3 is 0 Å². The van der Waals surface area contributed by atoms with Crippen molar-refractivity contribution < 1.29 is 4.74 Å². The second kappa shape index (κ2) is 7.21. The number of ether oxygens (including phenoxy) is 1. The van der Waals surface area contributed by atoms with Crippen LogP contribution in [0.2, 0.25) is 10.0 Å². The summed E-state index contributed by atoms with van der Waals surface area (Å²) in [6.45, 7) is 3.18. The lowest BCUT2D eigenvalue weighted by Gasteiger charge is -2.14. The van der Waals surface area contributed by atoms with Gasteiger partial charge in [-0.15, -0.1) is 0 Å². The van der Waals surface area contributed by atoms with Gasteiger partial charge in [0.1, 0.15) is 0 Å². The van der Waals surface area contributed by atoms with E-state index >= 15 is 0 Å². The van der Waals surface area contributed by atoms with Crippen LogP contribution < -0.4 is 10.1 Å². The second-order valence-corrected chi connectivity index (χ2v) is 5.91. The number of rotatable bonds is 5. The first kappa shape index (κ1) is 15.5. The molecule has 20 heavy (non-hydrogen) atoms. The van der Waals surface area contributed by atoms with Crippen LogP contribution >= 0.6 is 39.1 Å². The van der Waals surface area contributed by atoms with Crippen LogP contribution in [0.5, 0.6) is 5.75 Å². The van der Waals surface area contributed by atoms with Gasteiger partial charge in [-0.3, -0.25) is 0 Å². The highest BCUT2D eigenvalue weighted by molar-refractivity contribution is 9.10. The van der Waals surface area contributed by atoms with Crippen molar-refractivity contribution in [3.8, 4) is 5.75 Å². The molecule has 2 rings (SSSR count). The van der Waals surface area contributed by atoms with Gasteiger partial charge in [-0.1, -0.05) is 35.3 Å². The van der Waals surface area contributed by atoms with Crippen molar-refractivity contribution in [3.63, 3.8) is 0 Å². The molecule has 0 spiro atoms. The van der Waals surface area contributed by atoms with Gasteiger partial charge in [-0.2, -0.15) is 0 Å². The van der Waals surface area contributed by atoms with E-state index in [1.54, 1.807) is 0 Å². The van der Waals surface area contributed by atoms with E-state index in [0.717, 1.165) is 26.5 Å². The Labute approximate surface area is 137 Å². The maximum absolute atomic E-state index is 6.08. The monoisotopic (exact) mass is 373 g/mol. The molecule has 0 saturated carbocycles. The molecular weight excluding hydrogens is 361 g/mol. The van der Waals surface area contributed by atoms with Crippen LogP contribution in [0.1, 0.15) is 12.5 Å². The fraction of sp³-hybridized carbons (Fsp3) is 0.200. The van der Waals surface area contributed by atoms with Crippen LogP contribution in [0.4, 0.5) is 5.69 Å². The standard InChI is InChI=1S/C15H14BrCl2NO/c1-2-20-15-13(16)7-12(18)8-14(15)19-9-10-4-3-5-11(17)6-10/h3-8,19H,2,9H2,1H3. The van der Waals surface area contributed by atoms with Crippen molar-refractivity contribution in [2.45, 2.75) is 13.5 Å². The smallest absolute Gasteiger partial charge is 0.156 e. The fourth-order valence-corrected chi connectivity index (χ4v) is 2.96. The number of hydrogen-bond acceptors (Lipinski definition) is 2. The molecule has 0 heterocycles. The van der Waals surface area contributed by atoms with Gasteiger partial charge in [0.25, 0.3) is 0 Å². The minimum Gasteiger partial charge on any atom is -0.491 e. The number of nitrogens with one attached hydrogen (secondary N) is 1. The first-order valence-electron chi connectivity index (χ1n) is 6.20. The third kappa shape index (κ3) is 4.05. The van der Waals surface area contributed by atoms with E-state index in [0.29, 0.717) is 18.2 Å². The molecule has 1 N–H and O–H groups in total. The lowest BCUT2D eigenvalue weighted by Crippen LogP contribution is -2.03. The predicted molar refractivity (Wildman–Crippen MR) is 89.1 cm³/mol. The third-order valence-corrected chi connectivity index (χ3v) is 3.71. The molecule has 106 valence electrons. The molecular formula is C15H14BrCl2NO. The van der Waals surface area contributed by atoms with Crippen LogP contribution in [0.15, 0.2) is 40.9 Å². The Morgan fingerprint density at radius 1 is 1.15 bits per heavy atom. The van der Waals surface area contributed by atoms with Crippen molar-refractivity contribution in [1.82, 2.24) is 0 Å². The van der Waals surface area contributed by atoms with Gasteiger partial charge in [0.15, 0.2) is 5.75 Å². The summed E-state index contributed by atoms with van der Waals surface area (Å²) in [6, 6.07) is 11.4. The van der Waals surface area contributed by atoms with Crippen molar-refractivity contribution in [2.24, 2.45) is 0 Å². The molecule has 0 amide bonds. The number of benzene rings is 2. The molecule has 5 heteroatoms. The zero-order valence-corrected chi connectivity index (χ0v) is 14.0. The highest BCUT2D eigenvalue weighted by atomic mass is 79.9. The Kier molecular flexibility index (Phi) is 5.58. The highest BCUT2D eigenvalue weighted by Gasteiger charge is 2.10. The fourth-order valence-electron chi connectivity index (χ4n) is 1.83. The zero-order chi connectivity index (χ0) is 14.5. The van der Waals surface area contributed by atoms with Crippen LogP contribution in [0.25, 0.3) is 0 Å². The molecule has 0 radical (unpaired) electrons. The van der Waals surface area contributed by atoms with Crippen LogP contribution in [-0.2, 0) is 6.54 Å². The second-order valence-electron chi connectivity index (χ2n) is 4.18. The summed E-state index contributed by atoms with van der Waals surface area (Å²) >= 11 is 15.5. The summed E-state index contributed by atoms with van der Waals surface area (Å²) in [5.41, 5.74) is 1.95. The van der Waals surface area contributed by atoms with Gasteiger partial charge in [0.2, 0.25) is 0 Å². The third-order valence-electron chi connectivity index (χ3n) is 2.67. The first-order valence-corrected chi connectivity index (χ1v) is 7.75. The zero-order valence-electron chi connectivity index (χ0n) is 10.9. The number of anilines is 1. The Morgan fingerprint density at radius 3 is 2.65 bits per heavy atom. The lowest BCUT2D eigenvalue weighted by molar-refractivity contribution is 0.339. The van der Waals surface area contributed by atoms with Crippen LogP contribution in [0, 0.1) is 0 Å². The van der Waals surface area contributed by atoms with Gasteiger partial charge < -0.3 is 10.1 Å². The molecule has 0 aromatic heterocycles. The predicted octanol–water partition coefficient (Wildman–Crippen LogP) is 5.77. The molecule has 0 aliphatic carbocycles. The highest BCUT2D eigenvalue weighted by Crippen LogP contribution is 2.36. The Balaban J connectivity index is 2.20. The SMILES string of the molecule is CCOc1c(Br)cc(Cl)cc1NCc1cccc(Cl)c1. The summed E-state index contributed by atoms with van der Waals surface area (Å²) in [5, 5.41) is 4.70. The Hall–Kier alpha value is -0.900. The Bertz CT molecular complexity index is 604. The minimum atomic E-state index is 0.589. The molecule has 2 aromatic rings. The summed E-state index contributed by atoms with van der Waals surface area (Å²) < 4.78 is 6.47. The first-order chi connectivity index (χ1) is 9.60. The summed E-state index contributed by atoms with van der Waals surface area (Å²) in [6.07, 6.45) is 0. The van der Waals surface area contributed by atoms with Crippen LogP contribution in [-0.4, -0.2) is 6.61 Å². The molecule has 0 saturated heterocycles. The molecule has 0 aliphatic rings. The quantitative estimate of drug-likeness (QED) is 0.717. The molecule has 0 aliphatic heterocycles. The molecule has 0 bridgehead atoms. The van der Waals surface area contributed by atoms with E-state index in [9.17, 15) is 0 Å². The van der Waals surface area contributed by atoms with Crippen molar-refractivity contribution in [1.29, 1.82) is 0 Å². The number of hydrogen-bond donors (Lipinski definition) is 1. The largest absolute Gasteiger partial charge is 0.491 e. The van der Waals surface area contributed by atoms with Crippen molar-refractivity contribution in [2.75, 3.05) is 11.9 Å². The van der Waals surface area contributed by atoms with E-state index in [1.807, 2.05) is 43.3 Å². The normalized spacial score (nSPS) is 10.4. The van der Waals surface area contributed by atoms with Gasteiger partial charge in [-0.25, -0.2) is 0 Å². The van der Waals surface area contributed by atoms with Gasteiger partial charge in [0, 0.05) is 16.6 Å². The van der Waals surface area contributed by atoms with E-state index in [4.69, 9.17) is 27.9 Å². The van der Waals surface area contributed by atoms with Crippen LogP contribution in [0.3, 0.4) is 0 Å². The van der Waals surface area contributed by atoms with E-state index in [2.05, 4.69) is 21.2 Å². The topological polar surface area (TPSA) is 21.3 Å². The number of halogens is 3. The maximum Gasteiger partial charge on any atom is 0.156 e. The molecule has 0 unspecified atom stereocenters. The van der Waals surface area contributed by atoms with Crippen molar-refractivity contribution >= 4 is 44.8 Å². The van der Waals surface area contributed by atoms with E-state index in [-0.39, 0.29) is 0 Å². The molecule has 2 aromatic carbocycles. The maximum atomic E-state index is 6.08.